The molecule has 3 aromatic carbocycles. The lowest BCUT2D eigenvalue weighted by atomic mass is 10.0. The van der Waals surface area contributed by atoms with E-state index < -0.39 is 0 Å². The summed E-state index contributed by atoms with van der Waals surface area (Å²) in [6, 6.07) is 25.1. The van der Waals surface area contributed by atoms with Crippen molar-refractivity contribution in [2.75, 3.05) is 6.54 Å². The second-order valence-electron chi connectivity index (χ2n) is 6.26. The summed E-state index contributed by atoms with van der Waals surface area (Å²) in [4.78, 5) is 0. The number of para-hydroxylation sites is 1. The Balaban J connectivity index is 1.78. The van der Waals surface area contributed by atoms with Crippen molar-refractivity contribution in [2.45, 2.75) is 6.54 Å². The third-order valence-electron chi connectivity index (χ3n) is 4.44. The van der Waals surface area contributed by atoms with Gasteiger partial charge in [0.25, 0.3) is 0 Å². The van der Waals surface area contributed by atoms with E-state index in [1.165, 1.54) is 16.3 Å². The first-order chi connectivity index (χ1) is 12.8. The molecule has 0 unspecified atom stereocenters. The number of nitrogens with zero attached hydrogens (tertiary/aromatic N) is 2. The van der Waals surface area contributed by atoms with Crippen LogP contribution in [0, 0.1) is 0 Å². The quantitative estimate of drug-likeness (QED) is 0.397. The highest BCUT2D eigenvalue weighted by molar-refractivity contribution is 5.87. The zero-order valence-electron chi connectivity index (χ0n) is 14.6. The van der Waals surface area contributed by atoms with Crippen LogP contribution >= 0.6 is 0 Å². The van der Waals surface area contributed by atoms with Crippen molar-refractivity contribution in [1.29, 1.82) is 0 Å². The molecule has 0 amide bonds. The molecule has 0 bridgehead atoms. The van der Waals surface area contributed by atoms with Crippen molar-refractivity contribution in [2.24, 2.45) is 0 Å². The first-order valence-electron chi connectivity index (χ1n) is 8.80. The second-order valence-corrected chi connectivity index (χ2v) is 6.26. The van der Waals surface area contributed by atoms with Gasteiger partial charge in [-0.3, -0.25) is 0 Å². The van der Waals surface area contributed by atoms with Crippen LogP contribution in [0.3, 0.4) is 0 Å². The van der Waals surface area contributed by atoms with Gasteiger partial charge in [0.1, 0.15) is 0 Å². The van der Waals surface area contributed by atoms with Crippen molar-refractivity contribution in [3.63, 3.8) is 0 Å². The Labute approximate surface area is 153 Å². The molecule has 0 atom stereocenters. The third-order valence-corrected chi connectivity index (χ3v) is 4.44. The lowest BCUT2D eigenvalue weighted by Crippen LogP contribution is -2.12. The molecule has 0 fully saturated rings. The van der Waals surface area contributed by atoms with E-state index in [9.17, 15) is 0 Å². The molecule has 1 N–H and O–H groups in total. The van der Waals surface area contributed by atoms with Crippen molar-refractivity contribution >= 4 is 10.8 Å². The molecule has 1 aromatic heterocycles. The molecule has 0 aliphatic rings. The Morgan fingerprint density at radius 3 is 2.50 bits per heavy atom. The second kappa shape index (κ2) is 7.38. The third kappa shape index (κ3) is 3.30. The largest absolute Gasteiger partial charge is 0.309 e. The molecule has 3 heteroatoms. The zero-order valence-corrected chi connectivity index (χ0v) is 14.6. The van der Waals surface area contributed by atoms with Gasteiger partial charge in [-0.2, -0.15) is 5.10 Å². The number of aromatic nitrogens is 2. The fraction of sp³-hybridized carbons (Fsp3) is 0.0870. The Morgan fingerprint density at radius 1 is 0.923 bits per heavy atom. The molecule has 128 valence electrons. The van der Waals surface area contributed by atoms with Crippen LogP contribution in [-0.4, -0.2) is 16.3 Å². The summed E-state index contributed by atoms with van der Waals surface area (Å²) >= 11 is 0. The normalized spacial score (nSPS) is 10.9. The van der Waals surface area contributed by atoms with Crippen LogP contribution < -0.4 is 5.32 Å². The smallest absolute Gasteiger partial charge is 0.0972 e. The molecule has 0 aliphatic carbocycles. The lowest BCUT2D eigenvalue weighted by Gasteiger charge is -2.05. The number of benzene rings is 3. The van der Waals surface area contributed by atoms with Crippen molar-refractivity contribution in [3.8, 4) is 16.9 Å². The summed E-state index contributed by atoms with van der Waals surface area (Å²) in [5.41, 5.74) is 4.38. The van der Waals surface area contributed by atoms with E-state index in [0.29, 0.717) is 0 Å². The van der Waals surface area contributed by atoms with Crippen molar-refractivity contribution in [1.82, 2.24) is 15.1 Å². The molecule has 1 heterocycles. The highest BCUT2D eigenvalue weighted by Gasteiger charge is 2.12. The van der Waals surface area contributed by atoms with Gasteiger partial charge in [-0.1, -0.05) is 60.7 Å². The van der Waals surface area contributed by atoms with E-state index in [1.807, 2.05) is 29.0 Å². The van der Waals surface area contributed by atoms with Gasteiger partial charge in [0, 0.05) is 30.4 Å². The Bertz CT molecular complexity index is 1030. The van der Waals surface area contributed by atoms with Gasteiger partial charge in [0.15, 0.2) is 0 Å². The number of rotatable bonds is 6. The van der Waals surface area contributed by atoms with Gasteiger partial charge >= 0.3 is 0 Å². The summed E-state index contributed by atoms with van der Waals surface area (Å²) in [5.74, 6) is 0. The van der Waals surface area contributed by atoms with Crippen LogP contribution in [0.2, 0.25) is 0 Å². The maximum atomic E-state index is 4.89. The van der Waals surface area contributed by atoms with E-state index >= 15 is 0 Å². The standard InChI is InChI=1S/C23H21N3/c1-2-14-24-16-21-17-26(22-10-4-3-5-11-22)25-23(21)20-13-12-18-8-6-7-9-19(18)15-20/h2-13,15,17,24H,1,14,16H2. The minimum absolute atomic E-state index is 0.751. The SMILES string of the molecule is C=CCNCc1cn(-c2ccccc2)nc1-c1ccc2ccccc2c1. The van der Waals surface area contributed by atoms with Crippen LogP contribution in [0.4, 0.5) is 0 Å². The molecular formula is C23H21N3. The first-order valence-corrected chi connectivity index (χ1v) is 8.80. The average molecular weight is 339 g/mol. The molecule has 0 saturated carbocycles. The highest BCUT2D eigenvalue weighted by atomic mass is 15.3. The first kappa shape index (κ1) is 16.3. The molecular weight excluding hydrogens is 318 g/mol. The summed E-state index contributed by atoms with van der Waals surface area (Å²) in [6.07, 6.45) is 3.98. The average Bonchev–Trinajstić information content (AvgIpc) is 3.13. The molecule has 4 rings (SSSR count). The highest BCUT2D eigenvalue weighted by Crippen LogP contribution is 2.27. The Morgan fingerprint density at radius 2 is 1.69 bits per heavy atom. The van der Waals surface area contributed by atoms with Crippen LogP contribution in [-0.2, 0) is 6.54 Å². The summed E-state index contributed by atoms with van der Waals surface area (Å²) in [7, 11) is 0. The van der Waals surface area contributed by atoms with E-state index in [4.69, 9.17) is 5.10 Å². The topological polar surface area (TPSA) is 29.9 Å². The summed E-state index contributed by atoms with van der Waals surface area (Å²) < 4.78 is 1.95. The minimum Gasteiger partial charge on any atom is -0.309 e. The number of hydrogen-bond acceptors (Lipinski definition) is 2. The Hall–Kier alpha value is -3.17. The molecule has 3 nitrogen and oxygen atoms in total. The Kier molecular flexibility index (Phi) is 4.63. The molecule has 4 aromatic rings. The maximum absolute atomic E-state index is 4.89. The van der Waals surface area contributed by atoms with E-state index in [0.717, 1.165) is 30.0 Å². The van der Waals surface area contributed by atoms with Crippen molar-refractivity contribution in [3.05, 3.63) is 97.2 Å². The van der Waals surface area contributed by atoms with Gasteiger partial charge in [-0.15, -0.1) is 6.58 Å². The summed E-state index contributed by atoms with van der Waals surface area (Å²) in [5, 5.41) is 10.7. The molecule has 0 aliphatic heterocycles. The van der Waals surface area contributed by atoms with E-state index in [2.05, 4.69) is 72.7 Å². The number of hydrogen-bond donors (Lipinski definition) is 1. The lowest BCUT2D eigenvalue weighted by molar-refractivity contribution is 0.761. The van der Waals surface area contributed by atoms with Crippen LogP contribution in [0.1, 0.15) is 5.56 Å². The number of nitrogens with one attached hydrogen (secondary N) is 1. The van der Waals surface area contributed by atoms with Gasteiger partial charge in [0.2, 0.25) is 0 Å². The fourth-order valence-electron chi connectivity index (χ4n) is 3.14. The van der Waals surface area contributed by atoms with Gasteiger partial charge in [-0.05, 0) is 29.0 Å². The zero-order chi connectivity index (χ0) is 17.8. The maximum Gasteiger partial charge on any atom is 0.0972 e. The fourth-order valence-corrected chi connectivity index (χ4v) is 3.14. The van der Waals surface area contributed by atoms with Crippen molar-refractivity contribution < 1.29 is 0 Å². The van der Waals surface area contributed by atoms with Gasteiger partial charge < -0.3 is 5.32 Å². The van der Waals surface area contributed by atoms with E-state index in [-0.39, 0.29) is 0 Å². The number of fused-ring (bicyclic) bond motifs is 1. The predicted molar refractivity (Wildman–Crippen MR) is 108 cm³/mol. The molecule has 26 heavy (non-hydrogen) atoms. The molecule has 0 radical (unpaired) electrons. The van der Waals surface area contributed by atoms with Crippen LogP contribution in [0.15, 0.2) is 91.6 Å². The summed E-state index contributed by atoms with van der Waals surface area (Å²) in [6.45, 7) is 5.30. The molecule has 0 saturated heterocycles. The van der Waals surface area contributed by atoms with E-state index in [1.54, 1.807) is 0 Å². The van der Waals surface area contributed by atoms with Crippen LogP contribution in [0.5, 0.6) is 0 Å². The molecule has 0 spiro atoms. The van der Waals surface area contributed by atoms with Gasteiger partial charge in [0.05, 0.1) is 11.4 Å². The minimum atomic E-state index is 0.751. The monoisotopic (exact) mass is 339 g/mol. The van der Waals surface area contributed by atoms with Gasteiger partial charge in [-0.25, -0.2) is 4.68 Å². The predicted octanol–water partition coefficient (Wildman–Crippen LogP) is 4.97. The van der Waals surface area contributed by atoms with Crippen LogP contribution in [0.25, 0.3) is 27.7 Å².